The van der Waals surface area contributed by atoms with E-state index in [9.17, 15) is 0 Å². The fraction of sp³-hybridized carbons (Fsp3) is 0.571. The van der Waals surface area contributed by atoms with E-state index < -0.39 is 0 Å². The molecular formula is C14H23NO. The van der Waals surface area contributed by atoms with Gasteiger partial charge in [-0.25, -0.2) is 0 Å². The molecule has 0 radical (unpaired) electrons. The Morgan fingerprint density at radius 3 is 2.44 bits per heavy atom. The van der Waals surface area contributed by atoms with Crippen LogP contribution in [-0.4, -0.2) is 18.7 Å². The highest BCUT2D eigenvalue weighted by Gasteiger charge is 2.18. The Morgan fingerprint density at radius 1 is 1.19 bits per heavy atom. The fourth-order valence-electron chi connectivity index (χ4n) is 1.56. The summed E-state index contributed by atoms with van der Waals surface area (Å²) in [7, 11) is 0. The number of nitrogens with one attached hydrogen (secondary N) is 1. The largest absolute Gasteiger partial charge is 0.487 e. The Bertz CT molecular complexity index is 345. The van der Waals surface area contributed by atoms with Gasteiger partial charge in [0.25, 0.3) is 0 Å². The monoisotopic (exact) mass is 221 g/mol. The second-order valence-electron chi connectivity index (χ2n) is 4.89. The molecule has 1 rings (SSSR count). The molecule has 0 unspecified atom stereocenters. The lowest BCUT2D eigenvalue weighted by atomic mass is 10.1. The minimum atomic E-state index is -0.169. The van der Waals surface area contributed by atoms with Crippen LogP contribution in [0.5, 0.6) is 5.75 Å². The third-order valence-corrected chi connectivity index (χ3v) is 2.67. The summed E-state index contributed by atoms with van der Waals surface area (Å²) in [5.74, 6) is 0.950. The molecule has 0 aromatic heterocycles. The van der Waals surface area contributed by atoms with Gasteiger partial charge in [-0.3, -0.25) is 0 Å². The van der Waals surface area contributed by atoms with E-state index >= 15 is 0 Å². The highest BCUT2D eigenvalue weighted by Crippen LogP contribution is 2.21. The average molecular weight is 221 g/mol. The van der Waals surface area contributed by atoms with Crippen molar-refractivity contribution < 1.29 is 4.74 Å². The third kappa shape index (κ3) is 3.86. The molecule has 0 aliphatic heterocycles. The van der Waals surface area contributed by atoms with Gasteiger partial charge in [-0.1, -0.05) is 13.0 Å². The molecule has 0 fully saturated rings. The predicted octanol–water partition coefficient (Wildman–Crippen LogP) is 3.07. The molecule has 0 saturated heterocycles. The fourth-order valence-corrected chi connectivity index (χ4v) is 1.56. The van der Waals surface area contributed by atoms with E-state index in [4.69, 9.17) is 4.74 Å². The van der Waals surface area contributed by atoms with E-state index in [-0.39, 0.29) is 5.60 Å². The summed E-state index contributed by atoms with van der Waals surface area (Å²) in [5.41, 5.74) is 2.41. The quantitative estimate of drug-likeness (QED) is 0.825. The second-order valence-corrected chi connectivity index (χ2v) is 4.89. The van der Waals surface area contributed by atoms with Gasteiger partial charge in [0, 0.05) is 6.54 Å². The van der Waals surface area contributed by atoms with Crippen molar-refractivity contribution in [2.45, 2.75) is 40.2 Å². The Kier molecular flexibility index (Phi) is 4.36. The van der Waals surface area contributed by atoms with Crippen molar-refractivity contribution in [2.75, 3.05) is 13.1 Å². The van der Waals surface area contributed by atoms with E-state index in [0.717, 1.165) is 18.8 Å². The molecule has 2 heteroatoms. The average Bonchev–Trinajstić information content (AvgIpc) is 2.20. The first-order valence-corrected chi connectivity index (χ1v) is 5.91. The van der Waals surface area contributed by atoms with Crippen molar-refractivity contribution >= 4 is 0 Å². The lowest BCUT2D eigenvalue weighted by Crippen LogP contribution is -2.40. The number of aryl methyl sites for hydroxylation is 2. The molecule has 0 atom stereocenters. The van der Waals surface area contributed by atoms with Crippen molar-refractivity contribution in [1.82, 2.24) is 5.32 Å². The van der Waals surface area contributed by atoms with E-state index in [1.807, 2.05) is 6.07 Å². The molecule has 1 aromatic carbocycles. The van der Waals surface area contributed by atoms with E-state index in [1.54, 1.807) is 0 Å². The second kappa shape index (κ2) is 5.35. The van der Waals surface area contributed by atoms with Gasteiger partial charge in [-0.2, -0.15) is 0 Å². The maximum absolute atomic E-state index is 5.98. The number of hydrogen-bond donors (Lipinski definition) is 1. The zero-order chi connectivity index (χ0) is 12.2. The topological polar surface area (TPSA) is 21.3 Å². The highest BCUT2D eigenvalue weighted by molar-refractivity contribution is 5.34. The lowest BCUT2D eigenvalue weighted by molar-refractivity contribution is 0.109. The molecule has 1 N–H and O–H groups in total. The molecule has 0 bridgehead atoms. The first kappa shape index (κ1) is 13.0. The van der Waals surface area contributed by atoms with Crippen LogP contribution in [0.3, 0.4) is 0 Å². The van der Waals surface area contributed by atoms with Gasteiger partial charge in [0.15, 0.2) is 0 Å². The maximum atomic E-state index is 5.98. The van der Waals surface area contributed by atoms with Crippen molar-refractivity contribution in [1.29, 1.82) is 0 Å². The molecule has 16 heavy (non-hydrogen) atoms. The smallest absolute Gasteiger partial charge is 0.120 e. The van der Waals surface area contributed by atoms with Gasteiger partial charge in [0.1, 0.15) is 11.4 Å². The molecule has 0 spiro atoms. The van der Waals surface area contributed by atoms with Crippen molar-refractivity contribution in [3.05, 3.63) is 29.3 Å². The summed E-state index contributed by atoms with van der Waals surface area (Å²) >= 11 is 0. The Morgan fingerprint density at radius 2 is 1.88 bits per heavy atom. The van der Waals surface area contributed by atoms with Crippen molar-refractivity contribution in [3.8, 4) is 5.75 Å². The van der Waals surface area contributed by atoms with Gasteiger partial charge in [0.2, 0.25) is 0 Å². The molecule has 90 valence electrons. The minimum absolute atomic E-state index is 0.169. The normalized spacial score (nSPS) is 11.6. The minimum Gasteiger partial charge on any atom is -0.487 e. The zero-order valence-corrected chi connectivity index (χ0v) is 11.1. The summed E-state index contributed by atoms with van der Waals surface area (Å²) < 4.78 is 5.98. The number of ether oxygens (including phenoxy) is 1. The molecule has 0 aliphatic rings. The van der Waals surface area contributed by atoms with E-state index in [2.05, 4.69) is 52.1 Å². The predicted molar refractivity (Wildman–Crippen MR) is 69.2 cm³/mol. The maximum Gasteiger partial charge on any atom is 0.120 e. The van der Waals surface area contributed by atoms with E-state index in [1.165, 1.54) is 11.1 Å². The van der Waals surface area contributed by atoms with E-state index in [0.29, 0.717) is 0 Å². The van der Waals surface area contributed by atoms with Crippen molar-refractivity contribution in [3.63, 3.8) is 0 Å². The lowest BCUT2D eigenvalue weighted by Gasteiger charge is -2.27. The summed E-state index contributed by atoms with van der Waals surface area (Å²) in [6.45, 7) is 12.4. The van der Waals surface area contributed by atoms with Crippen LogP contribution >= 0.6 is 0 Å². The number of likely N-dealkylation sites (N-methyl/N-ethyl adjacent to an activating group) is 1. The van der Waals surface area contributed by atoms with Crippen molar-refractivity contribution in [2.24, 2.45) is 0 Å². The first-order valence-electron chi connectivity index (χ1n) is 5.91. The van der Waals surface area contributed by atoms with Gasteiger partial charge >= 0.3 is 0 Å². The summed E-state index contributed by atoms with van der Waals surface area (Å²) in [6.07, 6.45) is 0. The van der Waals surface area contributed by atoms with Crippen LogP contribution in [-0.2, 0) is 0 Å². The highest BCUT2D eigenvalue weighted by atomic mass is 16.5. The molecule has 1 aromatic rings. The van der Waals surface area contributed by atoms with Crippen LogP contribution in [0, 0.1) is 13.8 Å². The molecule has 0 saturated carbocycles. The van der Waals surface area contributed by atoms with Gasteiger partial charge < -0.3 is 10.1 Å². The molecule has 0 amide bonds. The van der Waals surface area contributed by atoms with Gasteiger partial charge in [-0.05, 0) is 57.5 Å². The molecule has 2 nitrogen and oxygen atoms in total. The van der Waals surface area contributed by atoms with Gasteiger partial charge in [0.05, 0.1) is 0 Å². The summed E-state index contributed by atoms with van der Waals surface area (Å²) in [4.78, 5) is 0. The Labute approximate surface area is 99.0 Å². The first-order chi connectivity index (χ1) is 7.44. The number of benzene rings is 1. The molecular weight excluding hydrogens is 198 g/mol. The van der Waals surface area contributed by atoms with Crippen LogP contribution in [0.1, 0.15) is 31.9 Å². The Balaban J connectivity index is 2.68. The Hall–Kier alpha value is -1.02. The number of rotatable bonds is 5. The third-order valence-electron chi connectivity index (χ3n) is 2.67. The number of hydrogen-bond acceptors (Lipinski definition) is 2. The summed E-state index contributed by atoms with van der Waals surface area (Å²) in [6, 6.07) is 6.24. The standard InChI is InChI=1S/C14H23NO/c1-6-15-10-14(4,5)16-13-8-7-11(2)12(3)9-13/h7-9,15H,6,10H2,1-5H3. The molecule has 0 aliphatic carbocycles. The van der Waals surface area contributed by atoms with Gasteiger partial charge in [-0.15, -0.1) is 0 Å². The van der Waals surface area contributed by atoms with Crippen LogP contribution in [0.4, 0.5) is 0 Å². The van der Waals surface area contributed by atoms with Crippen LogP contribution in [0.2, 0.25) is 0 Å². The SMILES string of the molecule is CCNCC(C)(C)Oc1ccc(C)c(C)c1. The summed E-state index contributed by atoms with van der Waals surface area (Å²) in [5, 5.41) is 3.31. The van der Waals surface area contributed by atoms with Crippen LogP contribution < -0.4 is 10.1 Å². The van der Waals surface area contributed by atoms with Crippen LogP contribution in [0.25, 0.3) is 0 Å². The molecule has 0 heterocycles. The zero-order valence-electron chi connectivity index (χ0n) is 11.1. The van der Waals surface area contributed by atoms with Crippen LogP contribution in [0.15, 0.2) is 18.2 Å².